The van der Waals surface area contributed by atoms with E-state index in [2.05, 4.69) is 5.10 Å². The number of amides is 1. The van der Waals surface area contributed by atoms with E-state index in [1.807, 2.05) is 52.2 Å². The highest BCUT2D eigenvalue weighted by Gasteiger charge is 2.34. The summed E-state index contributed by atoms with van der Waals surface area (Å²) >= 11 is 0. The van der Waals surface area contributed by atoms with Gasteiger partial charge in [-0.25, -0.2) is 0 Å². The van der Waals surface area contributed by atoms with Crippen molar-refractivity contribution in [2.75, 3.05) is 13.7 Å². The van der Waals surface area contributed by atoms with Gasteiger partial charge in [0.2, 0.25) is 0 Å². The average molecular weight is 299 g/mol. The standard InChI is InChI=1S/C17H21N3O2/c1-22-16(14-7-3-2-4-8-14)17(21)20-12-5-9-15(20)13-19-11-6-10-18-19/h2-4,6-8,10-11,15-16H,5,9,12-13H2,1H3/t15-,16+/m0/s1. The molecular formula is C17H21N3O2. The first-order chi connectivity index (χ1) is 10.8. The molecule has 1 aromatic heterocycles. The topological polar surface area (TPSA) is 47.4 Å². The highest BCUT2D eigenvalue weighted by atomic mass is 16.5. The van der Waals surface area contributed by atoms with Crippen molar-refractivity contribution in [2.45, 2.75) is 31.5 Å². The number of hydrogen-bond donors (Lipinski definition) is 0. The third-order valence-corrected chi connectivity index (χ3v) is 4.18. The second-order valence-electron chi connectivity index (χ2n) is 5.58. The van der Waals surface area contributed by atoms with Gasteiger partial charge in [0.1, 0.15) is 0 Å². The van der Waals surface area contributed by atoms with Crippen molar-refractivity contribution >= 4 is 5.91 Å². The largest absolute Gasteiger partial charge is 0.367 e. The lowest BCUT2D eigenvalue weighted by atomic mass is 10.1. The molecule has 1 aliphatic rings. The van der Waals surface area contributed by atoms with Gasteiger partial charge in [-0.05, 0) is 24.5 Å². The maximum atomic E-state index is 12.9. The van der Waals surface area contributed by atoms with Crippen LogP contribution in [0.1, 0.15) is 24.5 Å². The number of ether oxygens (including phenoxy) is 1. The maximum Gasteiger partial charge on any atom is 0.256 e. The summed E-state index contributed by atoms with van der Waals surface area (Å²) in [6.45, 7) is 1.53. The monoisotopic (exact) mass is 299 g/mol. The molecule has 116 valence electrons. The number of nitrogens with zero attached hydrogens (tertiary/aromatic N) is 3. The molecule has 0 aliphatic carbocycles. The molecule has 1 saturated heterocycles. The molecule has 0 spiro atoms. The molecule has 1 fully saturated rings. The van der Waals surface area contributed by atoms with Gasteiger partial charge in [-0.15, -0.1) is 0 Å². The van der Waals surface area contributed by atoms with Crippen LogP contribution in [0.4, 0.5) is 0 Å². The fourth-order valence-corrected chi connectivity index (χ4v) is 3.10. The summed E-state index contributed by atoms with van der Waals surface area (Å²) in [5.74, 6) is 0.0448. The van der Waals surface area contributed by atoms with Crippen LogP contribution in [0.3, 0.4) is 0 Å². The molecule has 22 heavy (non-hydrogen) atoms. The average Bonchev–Trinajstić information content (AvgIpc) is 3.21. The zero-order chi connectivity index (χ0) is 15.4. The van der Waals surface area contributed by atoms with Gasteiger partial charge < -0.3 is 9.64 Å². The zero-order valence-electron chi connectivity index (χ0n) is 12.8. The van der Waals surface area contributed by atoms with E-state index in [0.717, 1.165) is 31.5 Å². The minimum atomic E-state index is -0.528. The van der Waals surface area contributed by atoms with Crippen molar-refractivity contribution in [1.29, 1.82) is 0 Å². The Morgan fingerprint density at radius 2 is 2.18 bits per heavy atom. The Bertz CT molecular complexity index is 598. The fourth-order valence-electron chi connectivity index (χ4n) is 3.10. The second kappa shape index (κ2) is 6.75. The lowest BCUT2D eigenvalue weighted by molar-refractivity contribution is -0.143. The molecule has 1 amide bonds. The van der Waals surface area contributed by atoms with Gasteiger partial charge in [0, 0.05) is 26.0 Å². The highest BCUT2D eigenvalue weighted by molar-refractivity contribution is 5.82. The highest BCUT2D eigenvalue weighted by Crippen LogP contribution is 2.26. The Morgan fingerprint density at radius 3 is 2.86 bits per heavy atom. The molecule has 5 nitrogen and oxygen atoms in total. The van der Waals surface area contributed by atoms with Crippen LogP contribution in [0, 0.1) is 0 Å². The number of methoxy groups -OCH3 is 1. The number of likely N-dealkylation sites (tertiary alicyclic amines) is 1. The Kier molecular flexibility index (Phi) is 4.53. The van der Waals surface area contributed by atoms with Crippen molar-refractivity contribution in [3.8, 4) is 0 Å². The van der Waals surface area contributed by atoms with Crippen LogP contribution in [0.25, 0.3) is 0 Å². The van der Waals surface area contributed by atoms with Crippen molar-refractivity contribution in [2.24, 2.45) is 0 Å². The van der Waals surface area contributed by atoms with Gasteiger partial charge >= 0.3 is 0 Å². The summed E-state index contributed by atoms with van der Waals surface area (Å²) in [6.07, 6.45) is 5.22. The first kappa shape index (κ1) is 14.8. The third kappa shape index (κ3) is 3.04. The van der Waals surface area contributed by atoms with Crippen LogP contribution in [0.15, 0.2) is 48.8 Å². The molecule has 2 aromatic rings. The SMILES string of the molecule is CO[C@@H](C(=O)N1CCC[C@H]1Cn1cccn1)c1ccccc1. The summed E-state index contributed by atoms with van der Waals surface area (Å²) < 4.78 is 7.37. The van der Waals surface area contributed by atoms with E-state index >= 15 is 0 Å². The molecule has 1 aromatic carbocycles. The number of hydrogen-bond acceptors (Lipinski definition) is 3. The minimum Gasteiger partial charge on any atom is -0.367 e. The summed E-state index contributed by atoms with van der Waals surface area (Å²) in [5.41, 5.74) is 0.903. The molecule has 0 bridgehead atoms. The first-order valence-electron chi connectivity index (χ1n) is 7.65. The van der Waals surface area contributed by atoms with Gasteiger partial charge in [-0.2, -0.15) is 5.10 Å². The molecule has 3 rings (SSSR count). The molecule has 5 heteroatoms. The number of benzene rings is 1. The van der Waals surface area contributed by atoms with E-state index in [9.17, 15) is 4.79 Å². The normalized spacial score (nSPS) is 19.3. The molecule has 2 atom stereocenters. The molecular weight excluding hydrogens is 278 g/mol. The minimum absolute atomic E-state index is 0.0448. The van der Waals surface area contributed by atoms with Crippen LogP contribution in [0.5, 0.6) is 0 Å². The molecule has 1 aliphatic heterocycles. The number of carbonyl (C=O) groups is 1. The Balaban J connectivity index is 1.74. The predicted molar refractivity (Wildman–Crippen MR) is 83.2 cm³/mol. The summed E-state index contributed by atoms with van der Waals surface area (Å²) in [6, 6.07) is 11.8. The van der Waals surface area contributed by atoms with Gasteiger partial charge in [0.25, 0.3) is 5.91 Å². The predicted octanol–water partition coefficient (Wildman–Crippen LogP) is 2.26. The van der Waals surface area contributed by atoms with Crippen molar-refractivity contribution < 1.29 is 9.53 Å². The summed E-state index contributed by atoms with van der Waals surface area (Å²) in [5, 5.41) is 4.24. The molecule has 0 saturated carbocycles. The van der Waals surface area contributed by atoms with E-state index in [1.54, 1.807) is 13.3 Å². The number of carbonyl (C=O) groups excluding carboxylic acids is 1. The van der Waals surface area contributed by atoms with Crippen LogP contribution in [-0.2, 0) is 16.1 Å². The Morgan fingerprint density at radius 1 is 1.36 bits per heavy atom. The summed E-state index contributed by atoms with van der Waals surface area (Å²) in [7, 11) is 1.59. The second-order valence-corrected chi connectivity index (χ2v) is 5.58. The lowest BCUT2D eigenvalue weighted by Crippen LogP contribution is -2.41. The fraction of sp³-hybridized carbons (Fsp3) is 0.412. The zero-order valence-corrected chi connectivity index (χ0v) is 12.8. The van der Waals surface area contributed by atoms with Crippen molar-refractivity contribution in [3.05, 3.63) is 54.4 Å². The van der Waals surface area contributed by atoms with Gasteiger partial charge in [-0.3, -0.25) is 9.48 Å². The smallest absolute Gasteiger partial charge is 0.256 e. The van der Waals surface area contributed by atoms with E-state index in [-0.39, 0.29) is 11.9 Å². The van der Waals surface area contributed by atoms with Crippen LogP contribution < -0.4 is 0 Å². The molecule has 0 radical (unpaired) electrons. The Hall–Kier alpha value is -2.14. The maximum absolute atomic E-state index is 12.9. The number of rotatable bonds is 5. The van der Waals surface area contributed by atoms with Crippen LogP contribution in [0.2, 0.25) is 0 Å². The molecule has 2 heterocycles. The van der Waals surface area contributed by atoms with E-state index in [1.165, 1.54) is 0 Å². The van der Waals surface area contributed by atoms with Crippen molar-refractivity contribution in [1.82, 2.24) is 14.7 Å². The Labute approximate surface area is 130 Å². The van der Waals surface area contributed by atoms with Crippen LogP contribution in [-0.4, -0.2) is 40.3 Å². The quantitative estimate of drug-likeness (QED) is 0.851. The lowest BCUT2D eigenvalue weighted by Gasteiger charge is -2.28. The molecule has 0 N–H and O–H groups in total. The van der Waals surface area contributed by atoms with Crippen molar-refractivity contribution in [3.63, 3.8) is 0 Å². The summed E-state index contributed by atoms with van der Waals surface area (Å²) in [4.78, 5) is 14.8. The van der Waals surface area contributed by atoms with Gasteiger partial charge in [0.15, 0.2) is 6.10 Å². The van der Waals surface area contributed by atoms with Gasteiger partial charge in [-0.1, -0.05) is 30.3 Å². The number of aromatic nitrogens is 2. The van der Waals surface area contributed by atoms with E-state index in [0.29, 0.717) is 0 Å². The van der Waals surface area contributed by atoms with Gasteiger partial charge in [0.05, 0.1) is 12.6 Å². The molecule has 0 unspecified atom stereocenters. The van der Waals surface area contributed by atoms with Crippen LogP contribution >= 0.6 is 0 Å². The van der Waals surface area contributed by atoms with E-state index in [4.69, 9.17) is 4.74 Å². The third-order valence-electron chi connectivity index (χ3n) is 4.18. The first-order valence-corrected chi connectivity index (χ1v) is 7.65. The van der Waals surface area contributed by atoms with E-state index < -0.39 is 6.10 Å².